The van der Waals surface area contributed by atoms with Gasteiger partial charge >= 0.3 is 0 Å². The second kappa shape index (κ2) is 8.02. The Hall–Kier alpha value is -3.05. The summed E-state index contributed by atoms with van der Waals surface area (Å²) in [4.78, 5) is 17.5. The first-order valence-corrected chi connectivity index (χ1v) is 11.8. The molecule has 34 heavy (non-hydrogen) atoms. The molecule has 2 unspecified atom stereocenters. The summed E-state index contributed by atoms with van der Waals surface area (Å²) in [6.45, 7) is 8.43. The lowest BCUT2D eigenvalue weighted by Crippen LogP contribution is -2.66. The number of aliphatic hydroxyl groups excluding tert-OH is 1. The average molecular weight is 469 g/mol. The van der Waals surface area contributed by atoms with Gasteiger partial charge in [-0.25, -0.2) is 14.4 Å². The molecule has 3 fully saturated rings. The largest absolute Gasteiger partial charge is 0.390 e. The zero-order valence-electron chi connectivity index (χ0n) is 19.4. The third-order valence-electron chi connectivity index (χ3n) is 6.92. The lowest BCUT2D eigenvalue weighted by atomic mass is 9.78. The van der Waals surface area contributed by atoms with E-state index in [-0.39, 0.29) is 12.6 Å². The van der Waals surface area contributed by atoms with Gasteiger partial charge < -0.3 is 25.0 Å². The summed E-state index contributed by atoms with van der Waals surface area (Å²) in [7, 11) is 0. The number of fused-ring (bicyclic) bond motifs is 1. The number of pyridine rings is 1. The number of nitrogens with one attached hydrogen (secondary N) is 1. The van der Waals surface area contributed by atoms with Crippen LogP contribution in [0, 0.1) is 5.41 Å². The summed E-state index contributed by atoms with van der Waals surface area (Å²) >= 11 is 0. The van der Waals surface area contributed by atoms with Crippen LogP contribution in [0.5, 0.6) is 0 Å². The molecule has 11 heteroatoms. The van der Waals surface area contributed by atoms with Crippen LogP contribution in [0.2, 0.25) is 0 Å². The fourth-order valence-corrected chi connectivity index (χ4v) is 4.97. The highest BCUT2D eigenvalue weighted by Crippen LogP contribution is 2.42. The molecule has 180 valence electrons. The third kappa shape index (κ3) is 3.63. The molecule has 3 aliphatic heterocycles. The molecule has 3 aliphatic rings. The number of ether oxygens (including phenoxy) is 1. The van der Waals surface area contributed by atoms with E-state index in [2.05, 4.69) is 39.0 Å². The van der Waals surface area contributed by atoms with Gasteiger partial charge in [-0.1, -0.05) is 0 Å². The molecular weight excluding hydrogens is 439 g/mol. The SMILES string of the molecule is CC(C)n1nc(N2CC3(COC3)C2)c2cnc(Nc3ccnc(N4CCC(O)C(F)C4)n3)cc21. The van der Waals surface area contributed by atoms with Crippen molar-refractivity contribution < 1.29 is 14.2 Å². The predicted molar refractivity (Wildman–Crippen MR) is 126 cm³/mol. The molecule has 6 heterocycles. The summed E-state index contributed by atoms with van der Waals surface area (Å²) in [6, 6.07) is 3.94. The molecule has 3 saturated heterocycles. The van der Waals surface area contributed by atoms with Crippen molar-refractivity contribution in [3.05, 3.63) is 24.5 Å². The summed E-state index contributed by atoms with van der Waals surface area (Å²) in [5.41, 5.74) is 1.32. The molecule has 0 aromatic carbocycles. The van der Waals surface area contributed by atoms with Gasteiger partial charge in [0.1, 0.15) is 17.8 Å². The van der Waals surface area contributed by atoms with Gasteiger partial charge in [-0.3, -0.25) is 4.68 Å². The first-order valence-electron chi connectivity index (χ1n) is 11.8. The molecule has 2 atom stereocenters. The number of piperidine rings is 1. The number of halogens is 1. The van der Waals surface area contributed by atoms with E-state index < -0.39 is 12.3 Å². The van der Waals surface area contributed by atoms with E-state index >= 15 is 0 Å². The highest BCUT2D eigenvalue weighted by atomic mass is 19.1. The molecule has 1 spiro atoms. The Morgan fingerprint density at radius 3 is 2.74 bits per heavy atom. The molecule has 0 radical (unpaired) electrons. The standard InChI is InChI=1S/C23H29FN8O2/c1-14(2)32-17-7-20(26-8-15(17)21(29-32)31-10-23(11-31)12-34-13-23)27-19-3-5-25-22(28-19)30-6-4-18(33)16(24)9-30/h3,5,7-8,14,16,18,33H,4,6,9-13H2,1-2H3,(H,25,26,27,28). The van der Waals surface area contributed by atoms with E-state index in [1.54, 1.807) is 17.2 Å². The van der Waals surface area contributed by atoms with Crippen LogP contribution in [0.15, 0.2) is 24.5 Å². The Bertz CT molecular complexity index is 1200. The van der Waals surface area contributed by atoms with Gasteiger partial charge in [-0.05, 0) is 26.3 Å². The maximum atomic E-state index is 14.0. The van der Waals surface area contributed by atoms with Crippen molar-refractivity contribution in [1.82, 2.24) is 24.7 Å². The van der Waals surface area contributed by atoms with Gasteiger partial charge in [0, 0.05) is 44.1 Å². The number of anilines is 4. The van der Waals surface area contributed by atoms with Crippen molar-refractivity contribution >= 4 is 34.3 Å². The Labute approximate surface area is 196 Å². The summed E-state index contributed by atoms with van der Waals surface area (Å²) in [5, 5.41) is 18.9. The lowest BCUT2D eigenvalue weighted by molar-refractivity contribution is -0.127. The normalized spacial score (nSPS) is 23.9. The van der Waals surface area contributed by atoms with E-state index in [1.807, 2.05) is 16.9 Å². The second-order valence-electron chi connectivity index (χ2n) is 9.98. The van der Waals surface area contributed by atoms with Crippen LogP contribution in [-0.2, 0) is 4.74 Å². The molecular formula is C23H29FN8O2. The van der Waals surface area contributed by atoms with Crippen molar-refractivity contribution in [2.75, 3.05) is 54.5 Å². The number of rotatable bonds is 5. The molecule has 10 nitrogen and oxygen atoms in total. The van der Waals surface area contributed by atoms with Crippen LogP contribution in [0.4, 0.5) is 27.8 Å². The molecule has 0 saturated carbocycles. The third-order valence-corrected chi connectivity index (χ3v) is 6.92. The van der Waals surface area contributed by atoms with Gasteiger partial charge in [-0.15, -0.1) is 0 Å². The number of aliphatic hydroxyl groups is 1. The Balaban J connectivity index is 1.25. The number of aromatic nitrogens is 5. The topological polar surface area (TPSA) is 104 Å². The molecule has 0 bridgehead atoms. The monoisotopic (exact) mass is 468 g/mol. The maximum Gasteiger partial charge on any atom is 0.227 e. The average Bonchev–Trinajstić information content (AvgIpc) is 3.13. The zero-order valence-corrected chi connectivity index (χ0v) is 19.4. The van der Waals surface area contributed by atoms with Gasteiger partial charge in [-0.2, -0.15) is 10.1 Å². The smallest absolute Gasteiger partial charge is 0.227 e. The molecule has 0 aliphatic carbocycles. The maximum absolute atomic E-state index is 14.0. The Morgan fingerprint density at radius 2 is 2.03 bits per heavy atom. The number of alkyl halides is 1. The van der Waals surface area contributed by atoms with Gasteiger partial charge in [0.15, 0.2) is 5.82 Å². The quantitative estimate of drug-likeness (QED) is 0.584. The fourth-order valence-electron chi connectivity index (χ4n) is 4.97. The van der Waals surface area contributed by atoms with Crippen LogP contribution in [0.25, 0.3) is 10.9 Å². The van der Waals surface area contributed by atoms with Crippen molar-refractivity contribution in [3.8, 4) is 0 Å². The number of hydrogen-bond donors (Lipinski definition) is 2. The number of hydrogen-bond acceptors (Lipinski definition) is 9. The van der Waals surface area contributed by atoms with Crippen molar-refractivity contribution in [1.29, 1.82) is 0 Å². The molecule has 3 aromatic heterocycles. The highest BCUT2D eigenvalue weighted by molar-refractivity contribution is 5.92. The lowest BCUT2D eigenvalue weighted by Gasteiger charge is -2.55. The van der Waals surface area contributed by atoms with Crippen LogP contribution >= 0.6 is 0 Å². The second-order valence-corrected chi connectivity index (χ2v) is 9.98. The first kappa shape index (κ1) is 21.5. The van der Waals surface area contributed by atoms with E-state index in [1.165, 1.54) is 0 Å². The van der Waals surface area contributed by atoms with Crippen LogP contribution in [0.1, 0.15) is 26.3 Å². The minimum absolute atomic E-state index is 0.0785. The summed E-state index contributed by atoms with van der Waals surface area (Å²) in [5.74, 6) is 2.62. The Kier molecular flexibility index (Phi) is 5.07. The minimum Gasteiger partial charge on any atom is -0.390 e. The van der Waals surface area contributed by atoms with Crippen LogP contribution in [0.3, 0.4) is 0 Å². The van der Waals surface area contributed by atoms with Crippen molar-refractivity contribution in [2.45, 2.75) is 38.6 Å². The zero-order chi connectivity index (χ0) is 23.4. The Morgan fingerprint density at radius 1 is 1.21 bits per heavy atom. The van der Waals surface area contributed by atoms with E-state index in [9.17, 15) is 9.50 Å². The first-order chi connectivity index (χ1) is 16.4. The summed E-state index contributed by atoms with van der Waals surface area (Å²) < 4.78 is 21.4. The molecule has 0 amide bonds. The molecule has 2 N–H and O–H groups in total. The van der Waals surface area contributed by atoms with Gasteiger partial charge in [0.05, 0.1) is 42.2 Å². The summed E-state index contributed by atoms with van der Waals surface area (Å²) in [6.07, 6.45) is 1.63. The van der Waals surface area contributed by atoms with E-state index in [4.69, 9.17) is 9.84 Å². The predicted octanol–water partition coefficient (Wildman–Crippen LogP) is 2.29. The van der Waals surface area contributed by atoms with Crippen LogP contribution < -0.4 is 15.1 Å². The van der Waals surface area contributed by atoms with Gasteiger partial charge in [0.25, 0.3) is 0 Å². The van der Waals surface area contributed by atoms with Crippen LogP contribution in [-0.4, -0.2) is 81.5 Å². The van der Waals surface area contributed by atoms with Gasteiger partial charge in [0.2, 0.25) is 5.95 Å². The minimum atomic E-state index is -1.30. The molecule has 6 rings (SSSR count). The highest BCUT2D eigenvalue weighted by Gasteiger charge is 2.50. The van der Waals surface area contributed by atoms with Crippen molar-refractivity contribution in [3.63, 3.8) is 0 Å². The van der Waals surface area contributed by atoms with Crippen molar-refractivity contribution in [2.24, 2.45) is 5.41 Å². The molecule has 3 aromatic rings. The van der Waals surface area contributed by atoms with E-state index in [0.717, 1.165) is 43.0 Å². The fraction of sp³-hybridized carbons (Fsp3) is 0.565. The number of nitrogens with zero attached hydrogens (tertiary/aromatic N) is 7. The van der Waals surface area contributed by atoms with E-state index in [0.29, 0.717) is 36.0 Å².